The fraction of sp³-hybridized carbons (Fsp3) is 0.833. The first-order valence-electron chi connectivity index (χ1n) is 3.26. The number of nitrogens with zero attached hydrogens (tertiary/aromatic N) is 1. The van der Waals surface area contributed by atoms with Gasteiger partial charge >= 0.3 is 0 Å². The van der Waals surface area contributed by atoms with Gasteiger partial charge in [0.1, 0.15) is 6.61 Å². The van der Waals surface area contributed by atoms with Crippen LogP contribution in [0.4, 0.5) is 0 Å². The minimum atomic E-state index is 0.0317. The topological polar surface area (TPSA) is 55.6 Å². The Bertz CT molecular complexity index is 132. The Kier molecular flexibility index (Phi) is 2.24. The van der Waals surface area contributed by atoms with E-state index in [9.17, 15) is 4.79 Å². The van der Waals surface area contributed by atoms with E-state index in [0.717, 1.165) is 0 Å². The number of hydrogen-bond donors (Lipinski definition) is 1. The maximum Gasteiger partial charge on any atom is 0.248 e. The average molecular weight is 144 g/mol. The fourth-order valence-corrected chi connectivity index (χ4v) is 0.931. The lowest BCUT2D eigenvalue weighted by Crippen LogP contribution is -2.58. The molecule has 0 atom stereocenters. The molecule has 1 amide bonds. The van der Waals surface area contributed by atoms with E-state index in [4.69, 9.17) is 5.73 Å². The second-order valence-corrected chi connectivity index (χ2v) is 2.49. The van der Waals surface area contributed by atoms with Crippen molar-refractivity contribution in [3.8, 4) is 0 Å². The molecule has 0 aromatic carbocycles. The Morgan fingerprint density at radius 2 is 2.40 bits per heavy atom. The number of likely N-dealkylation sites (tertiary alicyclic amines) is 1. The maximum absolute atomic E-state index is 10.9. The predicted octanol–water partition coefficient (Wildman–Crippen LogP) is -1.20. The van der Waals surface area contributed by atoms with Crippen LogP contribution in [0.5, 0.6) is 0 Å². The molecule has 58 valence electrons. The van der Waals surface area contributed by atoms with Gasteiger partial charge in [0.2, 0.25) is 5.91 Å². The summed E-state index contributed by atoms with van der Waals surface area (Å²) in [5, 5.41) is 0. The van der Waals surface area contributed by atoms with Crippen LogP contribution in [0.1, 0.15) is 0 Å². The molecule has 0 aromatic rings. The maximum atomic E-state index is 10.9. The lowest BCUT2D eigenvalue weighted by molar-refractivity contribution is -0.139. The summed E-state index contributed by atoms with van der Waals surface area (Å²) in [6.07, 6.45) is 0. The van der Waals surface area contributed by atoms with Crippen LogP contribution in [0, 0.1) is 0 Å². The third kappa shape index (κ3) is 1.46. The van der Waals surface area contributed by atoms with E-state index < -0.39 is 0 Å². The number of hydrogen-bond acceptors (Lipinski definition) is 3. The van der Waals surface area contributed by atoms with Gasteiger partial charge in [-0.3, -0.25) is 4.79 Å². The molecule has 1 saturated heterocycles. The number of methoxy groups -OCH3 is 1. The molecular weight excluding hydrogens is 132 g/mol. The van der Waals surface area contributed by atoms with Crippen LogP contribution in [0.25, 0.3) is 0 Å². The summed E-state index contributed by atoms with van der Waals surface area (Å²) in [4.78, 5) is 12.6. The average Bonchev–Trinajstić information content (AvgIpc) is 1.82. The van der Waals surface area contributed by atoms with Gasteiger partial charge in [-0.1, -0.05) is 0 Å². The highest BCUT2D eigenvalue weighted by Gasteiger charge is 2.26. The second kappa shape index (κ2) is 2.98. The van der Waals surface area contributed by atoms with Gasteiger partial charge in [-0.2, -0.15) is 0 Å². The highest BCUT2D eigenvalue weighted by Crippen LogP contribution is 2.04. The van der Waals surface area contributed by atoms with E-state index in [-0.39, 0.29) is 18.6 Å². The van der Waals surface area contributed by atoms with Crippen molar-refractivity contribution in [3.05, 3.63) is 0 Å². The van der Waals surface area contributed by atoms with Gasteiger partial charge in [0, 0.05) is 26.2 Å². The van der Waals surface area contributed by atoms with E-state index in [1.165, 1.54) is 7.11 Å². The molecule has 0 aromatic heterocycles. The van der Waals surface area contributed by atoms with Crippen LogP contribution < -0.4 is 5.73 Å². The quantitative estimate of drug-likeness (QED) is 0.529. The van der Waals surface area contributed by atoms with Crippen molar-refractivity contribution in [2.45, 2.75) is 6.04 Å². The van der Waals surface area contributed by atoms with Crippen LogP contribution in [0.3, 0.4) is 0 Å². The van der Waals surface area contributed by atoms with Crippen LogP contribution in [0.15, 0.2) is 0 Å². The van der Waals surface area contributed by atoms with Crippen molar-refractivity contribution in [1.29, 1.82) is 0 Å². The summed E-state index contributed by atoms with van der Waals surface area (Å²) in [6, 6.07) is 0.181. The molecule has 1 aliphatic heterocycles. The molecule has 1 rings (SSSR count). The first kappa shape index (κ1) is 7.50. The van der Waals surface area contributed by atoms with Crippen molar-refractivity contribution < 1.29 is 9.53 Å². The van der Waals surface area contributed by atoms with Crippen molar-refractivity contribution in [3.63, 3.8) is 0 Å². The number of carbonyl (C=O) groups is 1. The Morgan fingerprint density at radius 1 is 1.80 bits per heavy atom. The zero-order valence-corrected chi connectivity index (χ0v) is 6.04. The number of nitrogens with two attached hydrogens (primary N) is 1. The minimum Gasteiger partial charge on any atom is -0.375 e. The molecule has 0 saturated carbocycles. The van der Waals surface area contributed by atoms with Crippen molar-refractivity contribution >= 4 is 5.91 Å². The highest BCUT2D eigenvalue weighted by atomic mass is 16.5. The third-order valence-electron chi connectivity index (χ3n) is 1.53. The fourth-order valence-electron chi connectivity index (χ4n) is 0.931. The molecule has 0 radical (unpaired) electrons. The number of rotatable bonds is 2. The van der Waals surface area contributed by atoms with Gasteiger partial charge in [-0.25, -0.2) is 0 Å². The van der Waals surface area contributed by atoms with E-state index >= 15 is 0 Å². The highest BCUT2D eigenvalue weighted by molar-refractivity contribution is 5.78. The smallest absolute Gasteiger partial charge is 0.248 e. The molecule has 1 fully saturated rings. The number of ether oxygens (including phenoxy) is 1. The molecule has 0 aliphatic carbocycles. The van der Waals surface area contributed by atoms with E-state index in [1.807, 2.05) is 0 Å². The zero-order valence-electron chi connectivity index (χ0n) is 6.04. The molecule has 4 heteroatoms. The second-order valence-electron chi connectivity index (χ2n) is 2.49. The van der Waals surface area contributed by atoms with Crippen LogP contribution in [-0.2, 0) is 9.53 Å². The van der Waals surface area contributed by atoms with Gasteiger partial charge in [0.05, 0.1) is 0 Å². The summed E-state index contributed by atoms with van der Waals surface area (Å²) in [5.74, 6) is 0.0317. The molecule has 1 aliphatic rings. The van der Waals surface area contributed by atoms with Crippen LogP contribution >= 0.6 is 0 Å². The van der Waals surface area contributed by atoms with Gasteiger partial charge in [0.15, 0.2) is 0 Å². The first-order chi connectivity index (χ1) is 4.74. The van der Waals surface area contributed by atoms with E-state index in [0.29, 0.717) is 13.1 Å². The number of carbonyl (C=O) groups excluding carboxylic acids is 1. The minimum absolute atomic E-state index is 0.0317. The summed E-state index contributed by atoms with van der Waals surface area (Å²) < 4.78 is 4.66. The van der Waals surface area contributed by atoms with Crippen molar-refractivity contribution in [2.24, 2.45) is 5.73 Å². The van der Waals surface area contributed by atoms with E-state index in [2.05, 4.69) is 4.74 Å². The Labute approximate surface area is 59.9 Å². The molecule has 2 N–H and O–H groups in total. The van der Waals surface area contributed by atoms with Gasteiger partial charge in [-0.05, 0) is 0 Å². The van der Waals surface area contributed by atoms with E-state index in [1.54, 1.807) is 4.90 Å². The summed E-state index contributed by atoms with van der Waals surface area (Å²) in [5.41, 5.74) is 5.47. The Balaban J connectivity index is 2.18. The molecule has 4 nitrogen and oxygen atoms in total. The molecule has 0 spiro atoms. The monoisotopic (exact) mass is 144 g/mol. The summed E-state index contributed by atoms with van der Waals surface area (Å²) in [7, 11) is 1.51. The molecule has 1 heterocycles. The molecule has 10 heavy (non-hydrogen) atoms. The Hall–Kier alpha value is -0.610. The molecule has 0 bridgehead atoms. The first-order valence-corrected chi connectivity index (χ1v) is 3.26. The summed E-state index contributed by atoms with van der Waals surface area (Å²) in [6.45, 7) is 1.54. The van der Waals surface area contributed by atoms with Gasteiger partial charge in [-0.15, -0.1) is 0 Å². The standard InChI is InChI=1S/C6H12N2O2/c1-10-4-6(9)8-2-5(7)3-8/h5H,2-4,7H2,1H3. The largest absolute Gasteiger partial charge is 0.375 e. The van der Waals surface area contributed by atoms with Gasteiger partial charge in [0.25, 0.3) is 0 Å². The van der Waals surface area contributed by atoms with Crippen molar-refractivity contribution in [2.75, 3.05) is 26.8 Å². The zero-order chi connectivity index (χ0) is 7.56. The van der Waals surface area contributed by atoms with Crippen LogP contribution in [-0.4, -0.2) is 43.7 Å². The normalized spacial score (nSPS) is 18.8. The Morgan fingerprint density at radius 3 is 2.80 bits per heavy atom. The SMILES string of the molecule is COCC(=O)N1CC(N)C1. The molecule has 0 unspecified atom stereocenters. The lowest BCUT2D eigenvalue weighted by atomic mass is 10.1. The van der Waals surface area contributed by atoms with Crippen molar-refractivity contribution in [1.82, 2.24) is 4.90 Å². The number of amides is 1. The van der Waals surface area contributed by atoms with Gasteiger partial charge < -0.3 is 15.4 Å². The summed E-state index contributed by atoms with van der Waals surface area (Å²) >= 11 is 0. The predicted molar refractivity (Wildman–Crippen MR) is 36.4 cm³/mol. The third-order valence-corrected chi connectivity index (χ3v) is 1.53. The van der Waals surface area contributed by atoms with Crippen LogP contribution in [0.2, 0.25) is 0 Å². The lowest BCUT2D eigenvalue weighted by Gasteiger charge is -2.36. The molecular formula is C6H12N2O2.